The first-order valence-corrected chi connectivity index (χ1v) is 7.27. The van der Waals surface area contributed by atoms with Crippen molar-refractivity contribution in [3.8, 4) is 5.75 Å². The molecule has 1 amide bonds. The average molecular weight is 314 g/mol. The van der Waals surface area contributed by atoms with Crippen LogP contribution in [-0.2, 0) is 4.79 Å². The lowest BCUT2D eigenvalue weighted by atomic mass is 10.1. The Hall–Kier alpha value is -1.03. The number of hydrogen-bond acceptors (Lipinski definition) is 2. The zero-order valence-corrected chi connectivity index (χ0v) is 12.7. The maximum atomic E-state index is 11.5. The summed E-state index contributed by atoms with van der Waals surface area (Å²) in [5.41, 5.74) is 1.05. The molecule has 100 valence electrons. The molecule has 4 heteroatoms. The van der Waals surface area contributed by atoms with E-state index in [0.29, 0.717) is 11.8 Å². The minimum Gasteiger partial charge on any atom is -0.491 e. The molecule has 0 bridgehead atoms. The third-order valence-corrected chi connectivity index (χ3v) is 2.83. The van der Waals surface area contributed by atoms with Gasteiger partial charge in [-0.25, -0.2) is 0 Å². The van der Waals surface area contributed by atoms with Gasteiger partial charge in [0.15, 0.2) is 0 Å². The van der Waals surface area contributed by atoms with Crippen molar-refractivity contribution in [2.75, 3.05) is 5.33 Å². The fourth-order valence-electron chi connectivity index (χ4n) is 1.61. The van der Waals surface area contributed by atoms with Gasteiger partial charge in [-0.2, -0.15) is 0 Å². The highest BCUT2D eigenvalue weighted by atomic mass is 79.9. The van der Waals surface area contributed by atoms with E-state index in [1.54, 1.807) is 0 Å². The quantitative estimate of drug-likeness (QED) is 0.817. The minimum atomic E-state index is -0.00716. The molecule has 0 aromatic heterocycles. The number of carbonyl (C=O) groups is 1. The predicted octanol–water partition coefficient (Wildman–Crippen LogP) is 3.44. The Balaban J connectivity index is 2.67. The lowest BCUT2D eigenvalue weighted by molar-refractivity contribution is -0.121. The van der Waals surface area contributed by atoms with Crippen molar-refractivity contribution in [2.24, 2.45) is 0 Å². The monoisotopic (exact) mass is 313 g/mol. The van der Waals surface area contributed by atoms with Gasteiger partial charge in [-0.15, -0.1) is 0 Å². The van der Waals surface area contributed by atoms with Gasteiger partial charge >= 0.3 is 0 Å². The van der Waals surface area contributed by atoms with E-state index in [-0.39, 0.29) is 18.1 Å². The molecule has 0 heterocycles. The lowest BCUT2D eigenvalue weighted by Crippen LogP contribution is -2.26. The summed E-state index contributed by atoms with van der Waals surface area (Å²) in [6, 6.07) is 7.83. The van der Waals surface area contributed by atoms with Crippen LogP contribution < -0.4 is 10.1 Å². The summed E-state index contributed by atoms with van der Waals surface area (Å²) >= 11 is 3.25. The summed E-state index contributed by atoms with van der Waals surface area (Å²) in [4.78, 5) is 11.5. The Labute approximate surface area is 117 Å². The summed E-state index contributed by atoms with van der Waals surface area (Å²) in [6.45, 7) is 5.96. The normalized spacial score (nSPS) is 12.3. The molecule has 0 saturated carbocycles. The van der Waals surface area contributed by atoms with E-state index in [9.17, 15) is 4.79 Å². The molecule has 0 fully saturated rings. The van der Waals surface area contributed by atoms with Gasteiger partial charge in [0, 0.05) is 11.8 Å². The van der Waals surface area contributed by atoms with E-state index < -0.39 is 0 Å². The van der Waals surface area contributed by atoms with Crippen LogP contribution in [0.4, 0.5) is 0 Å². The van der Waals surface area contributed by atoms with Crippen LogP contribution in [-0.4, -0.2) is 17.3 Å². The predicted molar refractivity (Wildman–Crippen MR) is 77.2 cm³/mol. The first-order valence-electron chi connectivity index (χ1n) is 6.15. The first kappa shape index (κ1) is 15.0. The van der Waals surface area contributed by atoms with Crippen LogP contribution in [0, 0.1) is 0 Å². The second-order valence-corrected chi connectivity index (χ2v) is 5.26. The van der Waals surface area contributed by atoms with E-state index in [1.165, 1.54) is 0 Å². The van der Waals surface area contributed by atoms with Crippen LogP contribution in [0.25, 0.3) is 0 Å². The fourth-order valence-corrected chi connectivity index (χ4v) is 1.97. The van der Waals surface area contributed by atoms with E-state index in [4.69, 9.17) is 4.74 Å². The van der Waals surface area contributed by atoms with Crippen molar-refractivity contribution in [2.45, 2.75) is 39.3 Å². The first-order chi connectivity index (χ1) is 8.52. The molecule has 18 heavy (non-hydrogen) atoms. The van der Waals surface area contributed by atoms with E-state index in [0.717, 1.165) is 11.3 Å². The van der Waals surface area contributed by atoms with Gasteiger partial charge in [0.05, 0.1) is 12.1 Å². The molecule has 3 nitrogen and oxygen atoms in total. The molecule has 0 aliphatic rings. The summed E-state index contributed by atoms with van der Waals surface area (Å²) in [6.07, 6.45) is 0.644. The standard InChI is InChI=1S/C14H20BrNO2/c1-10(2)18-13-6-4-5-12(9-13)11(3)16-14(17)7-8-15/h4-6,9-11H,7-8H2,1-3H3,(H,16,17). The number of nitrogens with one attached hydrogen (secondary N) is 1. The van der Waals surface area contributed by atoms with Gasteiger partial charge in [0.1, 0.15) is 5.75 Å². The summed E-state index contributed by atoms with van der Waals surface area (Å²) in [5.74, 6) is 0.888. The summed E-state index contributed by atoms with van der Waals surface area (Å²) < 4.78 is 5.64. The fraction of sp³-hybridized carbons (Fsp3) is 0.500. The molecular formula is C14H20BrNO2. The van der Waals surface area contributed by atoms with Gasteiger partial charge in [-0.3, -0.25) is 4.79 Å². The number of carbonyl (C=O) groups excluding carboxylic acids is 1. The summed E-state index contributed by atoms with van der Waals surface area (Å²) in [5, 5.41) is 3.64. The van der Waals surface area contributed by atoms with Crippen LogP contribution >= 0.6 is 15.9 Å². The topological polar surface area (TPSA) is 38.3 Å². The van der Waals surface area contributed by atoms with E-state index in [1.807, 2.05) is 45.0 Å². The Morgan fingerprint density at radius 2 is 2.11 bits per heavy atom. The SMILES string of the molecule is CC(C)Oc1cccc(C(C)NC(=O)CCBr)c1. The molecule has 1 N–H and O–H groups in total. The van der Waals surface area contributed by atoms with E-state index >= 15 is 0 Å². The van der Waals surface area contributed by atoms with Gasteiger partial charge in [0.25, 0.3) is 0 Å². The van der Waals surface area contributed by atoms with Gasteiger partial charge < -0.3 is 10.1 Å². The molecule has 1 rings (SSSR count). The van der Waals surface area contributed by atoms with Crippen LogP contribution in [0.3, 0.4) is 0 Å². The third kappa shape index (κ3) is 5.08. The molecule has 0 aliphatic carbocycles. The molecular weight excluding hydrogens is 294 g/mol. The molecule has 1 aromatic rings. The number of amides is 1. The molecule has 0 saturated heterocycles. The third-order valence-electron chi connectivity index (χ3n) is 2.43. The zero-order valence-electron chi connectivity index (χ0n) is 11.1. The zero-order chi connectivity index (χ0) is 13.5. The Kier molecular flexibility index (Phi) is 6.19. The smallest absolute Gasteiger partial charge is 0.221 e. The van der Waals surface area contributed by atoms with E-state index in [2.05, 4.69) is 21.2 Å². The Morgan fingerprint density at radius 3 is 2.72 bits per heavy atom. The van der Waals surface area contributed by atoms with Crippen molar-refractivity contribution in [1.29, 1.82) is 0 Å². The Morgan fingerprint density at radius 1 is 1.39 bits per heavy atom. The number of benzene rings is 1. The van der Waals surface area contributed by atoms with Crippen molar-refractivity contribution >= 4 is 21.8 Å². The molecule has 1 unspecified atom stereocenters. The number of rotatable bonds is 6. The Bertz CT molecular complexity index is 393. The summed E-state index contributed by atoms with van der Waals surface area (Å²) in [7, 11) is 0. The second-order valence-electron chi connectivity index (χ2n) is 4.47. The number of alkyl halides is 1. The maximum Gasteiger partial charge on any atom is 0.221 e. The highest BCUT2D eigenvalue weighted by Gasteiger charge is 2.10. The highest BCUT2D eigenvalue weighted by Crippen LogP contribution is 2.20. The molecule has 0 spiro atoms. The molecule has 0 radical (unpaired) electrons. The van der Waals surface area contributed by atoms with Crippen molar-refractivity contribution in [1.82, 2.24) is 5.32 Å². The largest absolute Gasteiger partial charge is 0.491 e. The van der Waals surface area contributed by atoms with Crippen molar-refractivity contribution < 1.29 is 9.53 Å². The number of hydrogen-bond donors (Lipinski definition) is 1. The van der Waals surface area contributed by atoms with Gasteiger partial charge in [-0.1, -0.05) is 28.1 Å². The number of ether oxygens (including phenoxy) is 1. The number of halogens is 1. The van der Waals surface area contributed by atoms with Gasteiger partial charge in [-0.05, 0) is 38.5 Å². The van der Waals surface area contributed by atoms with Gasteiger partial charge in [0.2, 0.25) is 5.91 Å². The van der Waals surface area contributed by atoms with Crippen LogP contribution in [0.2, 0.25) is 0 Å². The molecule has 0 aliphatic heterocycles. The maximum absolute atomic E-state index is 11.5. The highest BCUT2D eigenvalue weighted by molar-refractivity contribution is 9.09. The second kappa shape index (κ2) is 7.41. The van der Waals surface area contributed by atoms with Crippen LogP contribution in [0.5, 0.6) is 5.75 Å². The van der Waals surface area contributed by atoms with Crippen molar-refractivity contribution in [3.05, 3.63) is 29.8 Å². The average Bonchev–Trinajstić information content (AvgIpc) is 2.28. The van der Waals surface area contributed by atoms with Crippen LogP contribution in [0.1, 0.15) is 38.8 Å². The minimum absolute atomic E-state index is 0.00716. The molecule has 1 aromatic carbocycles. The lowest BCUT2D eigenvalue weighted by Gasteiger charge is -2.16. The van der Waals surface area contributed by atoms with Crippen LogP contribution in [0.15, 0.2) is 24.3 Å². The van der Waals surface area contributed by atoms with Crippen molar-refractivity contribution in [3.63, 3.8) is 0 Å². The molecule has 1 atom stereocenters.